The Morgan fingerprint density at radius 3 is 1.47 bits per heavy atom. The zero-order chi connectivity index (χ0) is 13.0. The molecule has 0 amide bonds. The summed E-state index contributed by atoms with van der Waals surface area (Å²) in [5.41, 5.74) is -0.599. The minimum atomic E-state index is -0.599. The third-order valence-electron chi connectivity index (χ3n) is 3.71. The van der Waals surface area contributed by atoms with E-state index < -0.39 is 5.60 Å². The second-order valence-electron chi connectivity index (χ2n) is 5.55. The summed E-state index contributed by atoms with van der Waals surface area (Å²) in [6.07, 6.45) is 13.6. The Balaban J connectivity index is 3.82. The average Bonchev–Trinajstić information content (AvgIpc) is 2.34. The van der Waals surface area contributed by atoms with Gasteiger partial charge in [-0.1, -0.05) is 78.6 Å². The van der Waals surface area contributed by atoms with E-state index in [1.54, 1.807) is 0 Å². The van der Waals surface area contributed by atoms with Gasteiger partial charge in [-0.3, -0.25) is 0 Å². The van der Waals surface area contributed by atoms with Gasteiger partial charge in [-0.2, -0.15) is 0 Å². The van der Waals surface area contributed by atoms with Crippen LogP contribution in [0, 0.1) is 0 Å². The van der Waals surface area contributed by atoms with Gasteiger partial charge in [0.05, 0.1) is 0 Å². The van der Waals surface area contributed by atoms with Crippen LogP contribution in [0.15, 0.2) is 0 Å². The van der Waals surface area contributed by atoms with Crippen LogP contribution in [-0.2, 0) is 5.11 Å². The first-order valence-electron chi connectivity index (χ1n) is 7.89. The fourth-order valence-electron chi connectivity index (χ4n) is 2.42. The Bertz CT molecular complexity index is 146. The topological polar surface area (TPSA) is 19.9 Å². The highest BCUT2D eigenvalue weighted by Crippen LogP contribution is 2.28. The van der Waals surface area contributed by atoms with Crippen molar-refractivity contribution in [1.82, 2.24) is 0 Å². The summed E-state index contributed by atoms with van der Waals surface area (Å²) in [5.74, 6) is 0. The maximum Gasteiger partial charge on any atom is 0.104 e. The molecule has 0 saturated heterocycles. The summed E-state index contributed by atoms with van der Waals surface area (Å²) in [6.45, 7) is 6.60. The lowest BCUT2D eigenvalue weighted by molar-refractivity contribution is -0.0552. The Morgan fingerprint density at radius 2 is 1.00 bits per heavy atom. The third-order valence-corrected chi connectivity index (χ3v) is 3.71. The molecule has 0 unspecified atom stereocenters. The summed E-state index contributed by atoms with van der Waals surface area (Å²) >= 11 is 0. The van der Waals surface area contributed by atoms with E-state index in [2.05, 4.69) is 20.8 Å². The van der Waals surface area contributed by atoms with Gasteiger partial charge in [-0.25, -0.2) is 5.11 Å². The molecule has 0 saturated carbocycles. The Hall–Kier alpha value is -0.0400. The predicted octanol–water partition coefficient (Wildman–Crippen LogP) is 5.90. The van der Waals surface area contributed by atoms with Crippen LogP contribution in [0.4, 0.5) is 0 Å². The van der Waals surface area contributed by atoms with Gasteiger partial charge in [0, 0.05) is 0 Å². The molecule has 1 nitrogen and oxygen atoms in total. The Morgan fingerprint density at radius 1 is 0.588 bits per heavy atom. The molecule has 0 aliphatic heterocycles. The number of unbranched alkanes of at least 4 members (excludes halogenated alkanes) is 6. The molecule has 0 aromatic rings. The van der Waals surface area contributed by atoms with Gasteiger partial charge in [-0.05, 0) is 19.3 Å². The van der Waals surface area contributed by atoms with Gasteiger partial charge < -0.3 is 0 Å². The number of hydrogen-bond donors (Lipinski definition) is 0. The number of rotatable bonds is 12. The van der Waals surface area contributed by atoms with Crippen molar-refractivity contribution in [2.24, 2.45) is 0 Å². The van der Waals surface area contributed by atoms with Crippen LogP contribution in [0.2, 0.25) is 0 Å². The van der Waals surface area contributed by atoms with E-state index in [4.69, 9.17) is 0 Å². The second-order valence-corrected chi connectivity index (χ2v) is 5.55. The van der Waals surface area contributed by atoms with E-state index in [-0.39, 0.29) is 0 Å². The van der Waals surface area contributed by atoms with Crippen molar-refractivity contribution in [3.05, 3.63) is 0 Å². The van der Waals surface area contributed by atoms with E-state index in [1.165, 1.54) is 25.7 Å². The monoisotopic (exact) mass is 241 g/mol. The van der Waals surface area contributed by atoms with E-state index in [0.717, 1.165) is 51.4 Å². The molecule has 0 aliphatic carbocycles. The molecule has 0 fully saturated rings. The quantitative estimate of drug-likeness (QED) is 0.379. The van der Waals surface area contributed by atoms with Gasteiger partial charge in [0.15, 0.2) is 0 Å². The zero-order valence-electron chi connectivity index (χ0n) is 12.4. The first kappa shape index (κ1) is 17.0. The smallest absolute Gasteiger partial charge is 0.104 e. The molecule has 0 N–H and O–H groups in total. The molecular weight excluding hydrogens is 208 g/mol. The van der Waals surface area contributed by atoms with Gasteiger partial charge in [-0.15, -0.1) is 0 Å². The molecular formula is C16H33O. The molecule has 0 bridgehead atoms. The third kappa shape index (κ3) is 9.64. The van der Waals surface area contributed by atoms with Crippen LogP contribution in [-0.4, -0.2) is 5.60 Å². The lowest BCUT2D eigenvalue weighted by Gasteiger charge is -2.25. The maximum absolute atomic E-state index is 12.7. The fourth-order valence-corrected chi connectivity index (χ4v) is 2.42. The molecule has 0 atom stereocenters. The van der Waals surface area contributed by atoms with Crippen LogP contribution in [0.25, 0.3) is 0 Å². The molecule has 0 aromatic heterocycles. The van der Waals surface area contributed by atoms with E-state index in [0.29, 0.717) is 0 Å². The van der Waals surface area contributed by atoms with Crippen LogP contribution in [0.3, 0.4) is 0 Å². The maximum atomic E-state index is 12.7. The summed E-state index contributed by atoms with van der Waals surface area (Å²) < 4.78 is 0. The highest BCUT2D eigenvalue weighted by Gasteiger charge is 2.26. The van der Waals surface area contributed by atoms with Crippen LogP contribution >= 0.6 is 0 Å². The highest BCUT2D eigenvalue weighted by molar-refractivity contribution is 4.77. The summed E-state index contributed by atoms with van der Waals surface area (Å²) in [5, 5.41) is 12.7. The Kier molecular flexibility index (Phi) is 11.0. The van der Waals surface area contributed by atoms with Crippen molar-refractivity contribution in [3.8, 4) is 0 Å². The van der Waals surface area contributed by atoms with Crippen LogP contribution in [0.1, 0.15) is 97.8 Å². The van der Waals surface area contributed by atoms with E-state index in [9.17, 15) is 5.11 Å². The summed E-state index contributed by atoms with van der Waals surface area (Å²) in [6, 6.07) is 0. The molecule has 0 aromatic carbocycles. The number of hydrogen-bond acceptors (Lipinski definition) is 0. The molecule has 17 heavy (non-hydrogen) atoms. The van der Waals surface area contributed by atoms with E-state index in [1.807, 2.05) is 0 Å². The van der Waals surface area contributed by atoms with Crippen molar-refractivity contribution >= 4 is 0 Å². The molecule has 103 valence electrons. The van der Waals surface area contributed by atoms with Crippen molar-refractivity contribution < 1.29 is 5.11 Å². The Labute approximate surface area is 109 Å². The minimum Gasteiger partial charge on any atom is -0.229 e. The first-order valence-corrected chi connectivity index (χ1v) is 7.89. The molecule has 0 aliphatic rings. The zero-order valence-corrected chi connectivity index (χ0v) is 12.4. The SMILES string of the molecule is CCCCCCCC([O])(CCCC)CCCC. The molecule has 0 spiro atoms. The van der Waals surface area contributed by atoms with Crippen LogP contribution in [0.5, 0.6) is 0 Å². The molecule has 1 heteroatoms. The summed E-state index contributed by atoms with van der Waals surface area (Å²) in [7, 11) is 0. The second kappa shape index (κ2) is 11.1. The highest BCUT2D eigenvalue weighted by atomic mass is 16.3. The minimum absolute atomic E-state index is 0.599. The van der Waals surface area contributed by atoms with Crippen molar-refractivity contribution in [3.63, 3.8) is 0 Å². The van der Waals surface area contributed by atoms with Gasteiger partial charge in [0.2, 0.25) is 0 Å². The average molecular weight is 241 g/mol. The largest absolute Gasteiger partial charge is 0.229 e. The predicted molar refractivity (Wildman–Crippen MR) is 75.8 cm³/mol. The van der Waals surface area contributed by atoms with Crippen molar-refractivity contribution in [1.29, 1.82) is 0 Å². The van der Waals surface area contributed by atoms with E-state index >= 15 is 0 Å². The molecule has 0 heterocycles. The normalized spacial score (nSPS) is 12.0. The van der Waals surface area contributed by atoms with Crippen molar-refractivity contribution in [2.45, 2.75) is 103 Å². The van der Waals surface area contributed by atoms with Crippen molar-refractivity contribution in [2.75, 3.05) is 0 Å². The lowest BCUT2D eigenvalue weighted by atomic mass is 9.86. The summed E-state index contributed by atoms with van der Waals surface area (Å²) in [4.78, 5) is 0. The molecule has 0 rings (SSSR count). The molecule has 1 radical (unpaired) electrons. The fraction of sp³-hybridized carbons (Fsp3) is 1.00. The lowest BCUT2D eigenvalue weighted by Crippen LogP contribution is -2.26. The van der Waals surface area contributed by atoms with Gasteiger partial charge in [0.1, 0.15) is 5.60 Å². The van der Waals surface area contributed by atoms with Gasteiger partial charge >= 0.3 is 0 Å². The first-order chi connectivity index (χ1) is 8.18. The van der Waals surface area contributed by atoms with Gasteiger partial charge in [0.25, 0.3) is 0 Å². The standard InChI is InChI=1S/C16H33O/c1-4-7-10-11-12-15-16(17,13-8-5-2)14-9-6-3/h4-15H2,1-3H3. The van der Waals surface area contributed by atoms with Crippen LogP contribution < -0.4 is 0 Å².